The lowest BCUT2D eigenvalue weighted by Crippen LogP contribution is -2.58. The number of carbonyl (C=O) groups excluding carboxylic acids is 1. The molecule has 2 aromatic rings. The van der Waals surface area contributed by atoms with Crippen molar-refractivity contribution in [1.29, 1.82) is 0 Å². The van der Waals surface area contributed by atoms with E-state index in [2.05, 4.69) is 15.3 Å². The molecule has 5 N–H and O–H groups in total. The molecule has 1 saturated carbocycles. The number of nitrogens with one attached hydrogen (secondary N) is 1. The summed E-state index contributed by atoms with van der Waals surface area (Å²) >= 11 is 0. The summed E-state index contributed by atoms with van der Waals surface area (Å²) in [5.74, 6) is 0.554. The molecule has 1 aliphatic carbocycles. The zero-order chi connectivity index (χ0) is 19.7. The first-order chi connectivity index (χ1) is 13.5. The van der Waals surface area contributed by atoms with E-state index in [-0.39, 0.29) is 17.6 Å². The zero-order valence-corrected chi connectivity index (χ0v) is 15.8. The van der Waals surface area contributed by atoms with E-state index >= 15 is 0 Å². The monoisotopic (exact) mass is 380 g/mol. The number of benzene rings is 1. The Labute approximate surface area is 163 Å². The van der Waals surface area contributed by atoms with Crippen LogP contribution in [0.3, 0.4) is 0 Å². The van der Waals surface area contributed by atoms with Crippen molar-refractivity contribution in [3.63, 3.8) is 0 Å². The van der Waals surface area contributed by atoms with Gasteiger partial charge < -0.3 is 21.2 Å². The maximum atomic E-state index is 12.3. The minimum absolute atomic E-state index is 0.231. The van der Waals surface area contributed by atoms with Crippen molar-refractivity contribution in [2.45, 2.75) is 44.7 Å². The average molecular weight is 380 g/mol. The van der Waals surface area contributed by atoms with Crippen molar-refractivity contribution in [1.82, 2.24) is 0 Å². The summed E-state index contributed by atoms with van der Waals surface area (Å²) in [4.78, 5) is 23.1. The van der Waals surface area contributed by atoms with Crippen molar-refractivity contribution in [3.05, 3.63) is 47.9 Å². The number of aryl methyl sites for hydroxylation is 1. The van der Waals surface area contributed by atoms with Crippen molar-refractivity contribution < 1.29 is 9.21 Å². The Hall–Kier alpha value is -3.29. The summed E-state index contributed by atoms with van der Waals surface area (Å²) in [5, 5.41) is 2.87. The molecule has 1 aromatic carbocycles. The van der Waals surface area contributed by atoms with E-state index in [4.69, 9.17) is 15.9 Å². The molecule has 1 fully saturated rings. The predicted molar refractivity (Wildman–Crippen MR) is 109 cm³/mol. The smallest absolute Gasteiger partial charge is 0.291 e. The van der Waals surface area contributed by atoms with E-state index in [0.29, 0.717) is 11.6 Å². The lowest BCUT2D eigenvalue weighted by Gasteiger charge is -2.45. The van der Waals surface area contributed by atoms with Gasteiger partial charge in [-0.1, -0.05) is 6.42 Å². The molecule has 0 unspecified atom stereocenters. The van der Waals surface area contributed by atoms with Crippen LogP contribution in [0.4, 0.5) is 11.4 Å². The minimum atomic E-state index is -0.487. The number of nitrogens with two attached hydrogens (primary N) is 2. The highest BCUT2D eigenvalue weighted by atomic mass is 16.3. The Kier molecular flexibility index (Phi) is 4.54. The highest BCUT2D eigenvalue weighted by molar-refractivity contribution is 6.06. The van der Waals surface area contributed by atoms with Gasteiger partial charge in [0.15, 0.2) is 5.76 Å². The number of aliphatic imine (C=N–C) groups is 2. The number of guanidine groups is 2. The molecule has 146 valence electrons. The summed E-state index contributed by atoms with van der Waals surface area (Å²) in [5.41, 5.74) is 14.2. The molecular formula is C20H24N6O2. The van der Waals surface area contributed by atoms with E-state index in [1.165, 1.54) is 12.7 Å². The molecule has 1 aliphatic heterocycles. The molecule has 0 bridgehead atoms. The van der Waals surface area contributed by atoms with Crippen LogP contribution in [0, 0.1) is 6.92 Å². The highest BCUT2D eigenvalue weighted by Crippen LogP contribution is 2.40. The van der Waals surface area contributed by atoms with Crippen LogP contribution in [0.25, 0.3) is 0 Å². The van der Waals surface area contributed by atoms with Crippen molar-refractivity contribution in [2.75, 3.05) is 10.2 Å². The van der Waals surface area contributed by atoms with Gasteiger partial charge in [-0.15, -0.1) is 0 Å². The first-order valence-electron chi connectivity index (χ1n) is 9.44. The second-order valence-corrected chi connectivity index (χ2v) is 7.25. The largest absolute Gasteiger partial charge is 0.459 e. The molecule has 0 radical (unpaired) electrons. The Morgan fingerprint density at radius 1 is 1.21 bits per heavy atom. The first kappa shape index (κ1) is 18.1. The Bertz CT molecular complexity index is 942. The van der Waals surface area contributed by atoms with Gasteiger partial charge in [0.2, 0.25) is 11.9 Å². The number of amides is 1. The van der Waals surface area contributed by atoms with Crippen LogP contribution in [-0.2, 0) is 0 Å². The topological polar surface area (TPSA) is 122 Å². The number of hydrogen-bond acceptors (Lipinski definition) is 7. The third kappa shape index (κ3) is 3.21. The molecule has 8 nitrogen and oxygen atoms in total. The fourth-order valence-electron chi connectivity index (χ4n) is 4.01. The lowest BCUT2D eigenvalue weighted by molar-refractivity contribution is 0.0996. The van der Waals surface area contributed by atoms with E-state index in [9.17, 15) is 4.79 Å². The van der Waals surface area contributed by atoms with E-state index in [0.717, 1.165) is 36.9 Å². The Balaban J connectivity index is 1.64. The number of carbonyl (C=O) groups is 1. The van der Waals surface area contributed by atoms with Crippen LogP contribution in [0.2, 0.25) is 0 Å². The minimum Gasteiger partial charge on any atom is -0.459 e. The van der Waals surface area contributed by atoms with E-state index in [1.807, 2.05) is 30.0 Å². The van der Waals surface area contributed by atoms with Crippen molar-refractivity contribution in [2.24, 2.45) is 21.5 Å². The lowest BCUT2D eigenvalue weighted by atomic mass is 9.87. The predicted octanol–water partition coefficient (Wildman–Crippen LogP) is 2.95. The molecule has 8 heteroatoms. The van der Waals surface area contributed by atoms with Gasteiger partial charge in [-0.05, 0) is 68.5 Å². The summed E-state index contributed by atoms with van der Waals surface area (Å²) in [6.45, 7) is 1.93. The van der Waals surface area contributed by atoms with Crippen molar-refractivity contribution in [3.8, 4) is 0 Å². The van der Waals surface area contributed by atoms with Gasteiger partial charge >= 0.3 is 0 Å². The highest BCUT2D eigenvalue weighted by Gasteiger charge is 2.42. The number of nitrogens with zero attached hydrogens (tertiary/aromatic N) is 3. The molecule has 1 aromatic heterocycles. The summed E-state index contributed by atoms with van der Waals surface area (Å²) in [6, 6.07) is 9.06. The fourth-order valence-corrected chi connectivity index (χ4v) is 4.01. The second kappa shape index (κ2) is 7.03. The number of furan rings is 1. The second-order valence-electron chi connectivity index (χ2n) is 7.25. The van der Waals surface area contributed by atoms with Gasteiger partial charge in [0.05, 0.1) is 6.26 Å². The van der Waals surface area contributed by atoms with Crippen LogP contribution in [0.1, 0.15) is 48.2 Å². The summed E-state index contributed by atoms with van der Waals surface area (Å²) < 4.78 is 5.15. The van der Waals surface area contributed by atoms with Crippen LogP contribution in [0.15, 0.2) is 51.0 Å². The van der Waals surface area contributed by atoms with Crippen LogP contribution >= 0.6 is 0 Å². The Morgan fingerprint density at radius 2 is 2.00 bits per heavy atom. The normalized spacial score (nSPS) is 18.5. The zero-order valence-electron chi connectivity index (χ0n) is 15.8. The maximum absolute atomic E-state index is 12.3. The van der Waals surface area contributed by atoms with Gasteiger partial charge in [0.1, 0.15) is 5.66 Å². The summed E-state index contributed by atoms with van der Waals surface area (Å²) in [6.07, 6.45) is 6.53. The van der Waals surface area contributed by atoms with Crippen LogP contribution in [0.5, 0.6) is 0 Å². The number of anilines is 2. The van der Waals surface area contributed by atoms with E-state index in [1.54, 1.807) is 12.1 Å². The van der Waals surface area contributed by atoms with Crippen LogP contribution < -0.4 is 21.7 Å². The van der Waals surface area contributed by atoms with Gasteiger partial charge in [-0.2, -0.15) is 4.99 Å². The number of hydrogen-bond donors (Lipinski definition) is 3. The van der Waals surface area contributed by atoms with Crippen LogP contribution in [-0.4, -0.2) is 23.5 Å². The molecule has 1 spiro atoms. The average Bonchev–Trinajstić information content (AvgIpc) is 3.18. The fraction of sp³-hybridized carbons (Fsp3) is 0.350. The molecule has 1 amide bonds. The molecule has 2 aliphatic rings. The Morgan fingerprint density at radius 3 is 2.68 bits per heavy atom. The van der Waals surface area contributed by atoms with Gasteiger partial charge in [-0.25, -0.2) is 4.99 Å². The first-order valence-corrected chi connectivity index (χ1v) is 9.44. The third-order valence-corrected chi connectivity index (χ3v) is 5.31. The van der Waals surface area contributed by atoms with Gasteiger partial charge in [-0.3, -0.25) is 9.69 Å². The van der Waals surface area contributed by atoms with Crippen molar-refractivity contribution >= 4 is 29.2 Å². The molecule has 0 atom stereocenters. The standard InChI is InChI=1S/C20H24N6O2/c1-13-12-14(7-8-15(13)23-17(27)16-6-5-11-28-16)26-19(22)24-18(21)25-20(26)9-3-2-4-10-20/h5-8,11-12H,2-4,9-10H2,1H3,(H,23,27)(H4,21,22,24,25). The molecule has 0 saturated heterocycles. The SMILES string of the molecule is Cc1cc(N2C(N)=NC(N)=NC23CCCCC3)ccc1NC(=O)c1ccco1. The number of rotatable bonds is 3. The molecule has 4 rings (SSSR count). The molecular weight excluding hydrogens is 356 g/mol. The van der Waals surface area contributed by atoms with Gasteiger partial charge in [0, 0.05) is 11.4 Å². The summed E-state index contributed by atoms with van der Waals surface area (Å²) in [7, 11) is 0. The molecule has 28 heavy (non-hydrogen) atoms. The van der Waals surface area contributed by atoms with Gasteiger partial charge in [0.25, 0.3) is 5.91 Å². The van der Waals surface area contributed by atoms with E-state index < -0.39 is 5.66 Å². The molecule has 2 heterocycles. The maximum Gasteiger partial charge on any atom is 0.291 e. The quantitative estimate of drug-likeness (QED) is 0.755. The third-order valence-electron chi connectivity index (χ3n) is 5.31.